The predicted octanol–water partition coefficient (Wildman–Crippen LogP) is 3.44. The predicted molar refractivity (Wildman–Crippen MR) is 93.1 cm³/mol. The molecule has 6 nitrogen and oxygen atoms in total. The van der Waals surface area contributed by atoms with Gasteiger partial charge in [-0.2, -0.15) is 0 Å². The number of carbonyl (C=O) groups excluding carboxylic acids is 2. The van der Waals surface area contributed by atoms with Crippen molar-refractivity contribution in [1.29, 1.82) is 0 Å². The molecule has 1 atom stereocenters. The fourth-order valence-corrected chi connectivity index (χ4v) is 2.69. The van der Waals surface area contributed by atoms with Gasteiger partial charge in [-0.3, -0.25) is 4.79 Å². The molecular weight excluding hydrogens is 369 g/mol. The van der Waals surface area contributed by atoms with Gasteiger partial charge in [-0.1, -0.05) is 29.3 Å². The maximum Gasteiger partial charge on any atom is 0.342 e. The molecule has 0 fully saturated rings. The Balaban J connectivity index is 1.92. The SMILES string of the molecule is C[C@H](NC(=O)COC(=O)c1ccc(O)cc1O)c1ccc(Cl)cc1Cl. The molecule has 8 heteroatoms. The Labute approximate surface area is 153 Å². The normalized spacial score (nSPS) is 11.6. The molecule has 132 valence electrons. The lowest BCUT2D eigenvalue weighted by molar-refractivity contribution is -0.124. The molecular formula is C17H15Cl2NO5. The first-order valence-corrected chi connectivity index (χ1v) is 7.97. The Morgan fingerprint density at radius 3 is 2.52 bits per heavy atom. The van der Waals surface area contributed by atoms with Crippen LogP contribution in [0, 0.1) is 0 Å². The molecule has 2 aromatic rings. The zero-order chi connectivity index (χ0) is 18.6. The molecule has 0 aliphatic heterocycles. The van der Waals surface area contributed by atoms with Crippen molar-refractivity contribution in [2.24, 2.45) is 0 Å². The van der Waals surface area contributed by atoms with Crippen LogP contribution in [0.15, 0.2) is 36.4 Å². The van der Waals surface area contributed by atoms with E-state index in [4.69, 9.17) is 27.9 Å². The smallest absolute Gasteiger partial charge is 0.342 e. The Bertz CT molecular complexity index is 810. The summed E-state index contributed by atoms with van der Waals surface area (Å²) in [5, 5.41) is 22.3. The fraction of sp³-hybridized carbons (Fsp3) is 0.176. The highest BCUT2D eigenvalue weighted by molar-refractivity contribution is 6.35. The molecule has 0 aromatic heterocycles. The summed E-state index contributed by atoms with van der Waals surface area (Å²) in [5.41, 5.74) is 0.515. The first kappa shape index (κ1) is 18.9. The monoisotopic (exact) mass is 383 g/mol. The second-order valence-corrected chi connectivity index (χ2v) is 6.08. The van der Waals surface area contributed by atoms with Gasteiger partial charge in [0, 0.05) is 16.1 Å². The lowest BCUT2D eigenvalue weighted by Crippen LogP contribution is -2.31. The average molecular weight is 384 g/mol. The zero-order valence-electron chi connectivity index (χ0n) is 13.1. The maximum absolute atomic E-state index is 11.9. The minimum absolute atomic E-state index is 0.153. The van der Waals surface area contributed by atoms with Crippen LogP contribution < -0.4 is 5.32 Å². The number of aromatic hydroxyl groups is 2. The molecule has 0 unspecified atom stereocenters. The number of phenols is 2. The van der Waals surface area contributed by atoms with Gasteiger partial charge in [0.25, 0.3) is 5.91 Å². The summed E-state index contributed by atoms with van der Waals surface area (Å²) in [6, 6.07) is 7.91. The van der Waals surface area contributed by atoms with Crippen LogP contribution in [0.1, 0.15) is 28.9 Å². The number of carbonyl (C=O) groups is 2. The van der Waals surface area contributed by atoms with Gasteiger partial charge in [-0.15, -0.1) is 0 Å². The minimum Gasteiger partial charge on any atom is -0.508 e. The molecule has 0 radical (unpaired) electrons. The van der Waals surface area contributed by atoms with Crippen molar-refractivity contribution < 1.29 is 24.5 Å². The topological polar surface area (TPSA) is 95.9 Å². The Morgan fingerprint density at radius 2 is 1.88 bits per heavy atom. The van der Waals surface area contributed by atoms with E-state index in [0.29, 0.717) is 15.6 Å². The van der Waals surface area contributed by atoms with Crippen LogP contribution in [0.5, 0.6) is 11.5 Å². The number of amides is 1. The van der Waals surface area contributed by atoms with E-state index in [1.807, 2.05) is 0 Å². The average Bonchev–Trinajstić information content (AvgIpc) is 2.52. The highest BCUT2D eigenvalue weighted by Gasteiger charge is 2.17. The standard InChI is InChI=1S/C17H15Cl2NO5/c1-9(12-4-2-10(18)6-14(12)19)20-16(23)8-25-17(24)13-5-3-11(21)7-15(13)22/h2-7,9,21-22H,8H2,1H3,(H,20,23)/t9-/m0/s1. The van der Waals surface area contributed by atoms with Crippen LogP contribution in [0.3, 0.4) is 0 Å². The fourth-order valence-electron chi connectivity index (χ4n) is 2.12. The summed E-state index contributed by atoms with van der Waals surface area (Å²) in [6.07, 6.45) is 0. The maximum atomic E-state index is 11.9. The van der Waals surface area contributed by atoms with Crippen molar-refractivity contribution in [3.63, 3.8) is 0 Å². The van der Waals surface area contributed by atoms with Crippen molar-refractivity contribution >= 4 is 35.1 Å². The van der Waals surface area contributed by atoms with Crippen LogP contribution in [0.4, 0.5) is 0 Å². The van der Waals surface area contributed by atoms with Crippen LogP contribution in [-0.4, -0.2) is 28.7 Å². The van der Waals surface area contributed by atoms with Gasteiger partial charge in [0.2, 0.25) is 0 Å². The first-order chi connectivity index (χ1) is 11.8. The summed E-state index contributed by atoms with van der Waals surface area (Å²) in [4.78, 5) is 23.8. The number of nitrogens with one attached hydrogen (secondary N) is 1. The van der Waals surface area contributed by atoms with E-state index in [-0.39, 0.29) is 11.3 Å². The number of benzene rings is 2. The van der Waals surface area contributed by atoms with Gasteiger partial charge in [0.1, 0.15) is 17.1 Å². The van der Waals surface area contributed by atoms with E-state index in [9.17, 15) is 19.8 Å². The molecule has 2 aromatic carbocycles. The van der Waals surface area contributed by atoms with E-state index in [2.05, 4.69) is 5.32 Å². The number of phenolic OH excluding ortho intramolecular Hbond substituents is 2. The van der Waals surface area contributed by atoms with Gasteiger partial charge in [-0.25, -0.2) is 4.79 Å². The zero-order valence-corrected chi connectivity index (χ0v) is 14.6. The second-order valence-electron chi connectivity index (χ2n) is 5.23. The Morgan fingerprint density at radius 1 is 1.16 bits per heavy atom. The first-order valence-electron chi connectivity index (χ1n) is 7.21. The van der Waals surface area contributed by atoms with Crippen molar-refractivity contribution in [2.75, 3.05) is 6.61 Å². The second kappa shape index (κ2) is 8.09. The van der Waals surface area contributed by atoms with Gasteiger partial charge in [0.05, 0.1) is 6.04 Å². The summed E-state index contributed by atoms with van der Waals surface area (Å²) >= 11 is 11.9. The van der Waals surface area contributed by atoms with Gasteiger partial charge in [-0.05, 0) is 36.8 Å². The molecule has 1 amide bonds. The minimum atomic E-state index is -0.884. The molecule has 0 heterocycles. The van der Waals surface area contributed by atoms with E-state index in [0.717, 1.165) is 6.07 Å². The van der Waals surface area contributed by atoms with Crippen molar-refractivity contribution in [2.45, 2.75) is 13.0 Å². The molecule has 0 aliphatic carbocycles. The lowest BCUT2D eigenvalue weighted by atomic mass is 10.1. The Kier molecular flexibility index (Phi) is 6.12. The molecule has 0 bridgehead atoms. The van der Waals surface area contributed by atoms with Crippen molar-refractivity contribution in [3.05, 3.63) is 57.6 Å². The largest absolute Gasteiger partial charge is 0.508 e. The number of halogens is 2. The highest BCUT2D eigenvalue weighted by Crippen LogP contribution is 2.26. The van der Waals surface area contributed by atoms with Crippen molar-refractivity contribution in [1.82, 2.24) is 5.32 Å². The number of rotatable bonds is 5. The lowest BCUT2D eigenvalue weighted by Gasteiger charge is -2.16. The molecule has 0 saturated heterocycles. The van der Waals surface area contributed by atoms with Crippen LogP contribution >= 0.6 is 23.2 Å². The quantitative estimate of drug-likeness (QED) is 0.687. The third kappa shape index (κ3) is 5.01. The van der Waals surface area contributed by atoms with E-state index < -0.39 is 30.3 Å². The van der Waals surface area contributed by atoms with Crippen LogP contribution in [0.25, 0.3) is 0 Å². The highest BCUT2D eigenvalue weighted by atomic mass is 35.5. The van der Waals surface area contributed by atoms with Gasteiger partial charge in [0.15, 0.2) is 6.61 Å². The van der Waals surface area contributed by atoms with E-state index in [1.165, 1.54) is 12.1 Å². The molecule has 0 aliphatic rings. The van der Waals surface area contributed by atoms with E-state index >= 15 is 0 Å². The van der Waals surface area contributed by atoms with Gasteiger partial charge < -0.3 is 20.3 Å². The van der Waals surface area contributed by atoms with E-state index in [1.54, 1.807) is 25.1 Å². The Hall–Kier alpha value is -2.44. The molecule has 0 spiro atoms. The molecule has 0 saturated carbocycles. The molecule has 2 rings (SSSR count). The van der Waals surface area contributed by atoms with Crippen LogP contribution in [0.2, 0.25) is 10.0 Å². The number of hydrogen-bond donors (Lipinski definition) is 3. The summed E-state index contributed by atoms with van der Waals surface area (Å²) in [5.74, 6) is -2.05. The van der Waals surface area contributed by atoms with Crippen molar-refractivity contribution in [3.8, 4) is 11.5 Å². The summed E-state index contributed by atoms with van der Waals surface area (Å²) in [7, 11) is 0. The number of hydrogen-bond acceptors (Lipinski definition) is 5. The summed E-state index contributed by atoms with van der Waals surface area (Å²) < 4.78 is 4.85. The number of ether oxygens (including phenoxy) is 1. The van der Waals surface area contributed by atoms with Crippen LogP contribution in [-0.2, 0) is 9.53 Å². The molecule has 3 N–H and O–H groups in total. The third-order valence-electron chi connectivity index (χ3n) is 3.34. The van der Waals surface area contributed by atoms with Gasteiger partial charge >= 0.3 is 5.97 Å². The number of esters is 1. The molecule has 25 heavy (non-hydrogen) atoms. The summed E-state index contributed by atoms with van der Waals surface area (Å²) in [6.45, 7) is 1.19. The third-order valence-corrected chi connectivity index (χ3v) is 3.90.